The van der Waals surface area contributed by atoms with Crippen LogP contribution in [-0.2, 0) is 14.3 Å². The molecule has 0 radical (unpaired) electrons. The Labute approximate surface area is 141 Å². The largest absolute Gasteiger partial charge is 0.497 e. The summed E-state index contributed by atoms with van der Waals surface area (Å²) in [6.45, 7) is 1.55. The van der Waals surface area contributed by atoms with Crippen molar-refractivity contribution in [2.45, 2.75) is 25.4 Å². The highest BCUT2D eigenvalue weighted by Crippen LogP contribution is 2.34. The van der Waals surface area contributed by atoms with Crippen molar-refractivity contribution in [2.75, 3.05) is 26.8 Å². The molecule has 1 unspecified atom stereocenters. The molecule has 1 saturated carbocycles. The van der Waals surface area contributed by atoms with E-state index < -0.39 is 5.97 Å². The van der Waals surface area contributed by atoms with E-state index in [2.05, 4.69) is 0 Å². The Kier molecular flexibility index (Phi) is 5.04. The minimum Gasteiger partial charge on any atom is -0.497 e. The van der Waals surface area contributed by atoms with Gasteiger partial charge in [0.05, 0.1) is 26.2 Å². The van der Waals surface area contributed by atoms with Crippen molar-refractivity contribution in [3.05, 3.63) is 29.8 Å². The van der Waals surface area contributed by atoms with Gasteiger partial charge >= 0.3 is 5.97 Å². The zero-order valence-corrected chi connectivity index (χ0v) is 13.8. The SMILES string of the molecule is COc1cccc(C2CN(C(=O)[C@@H]3CC[C@H](C(=O)O)C3)CCO2)c1. The van der Waals surface area contributed by atoms with Crippen LogP contribution in [0.3, 0.4) is 0 Å². The highest BCUT2D eigenvalue weighted by Gasteiger charge is 2.37. The molecular weight excluding hydrogens is 310 g/mol. The lowest BCUT2D eigenvalue weighted by Gasteiger charge is -2.34. The van der Waals surface area contributed by atoms with Gasteiger partial charge in [-0.05, 0) is 37.0 Å². The topological polar surface area (TPSA) is 76.1 Å². The number of hydrogen-bond donors (Lipinski definition) is 1. The summed E-state index contributed by atoms with van der Waals surface area (Å²) < 4.78 is 11.1. The molecular formula is C18H23NO5. The smallest absolute Gasteiger partial charge is 0.306 e. The lowest BCUT2D eigenvalue weighted by atomic mass is 10.0. The maximum Gasteiger partial charge on any atom is 0.306 e. The van der Waals surface area contributed by atoms with Gasteiger partial charge in [-0.3, -0.25) is 9.59 Å². The summed E-state index contributed by atoms with van der Waals surface area (Å²) in [5.74, 6) is -0.513. The molecule has 1 aromatic rings. The molecule has 24 heavy (non-hydrogen) atoms. The predicted molar refractivity (Wildman–Crippen MR) is 86.7 cm³/mol. The number of amides is 1. The van der Waals surface area contributed by atoms with E-state index in [0.717, 1.165) is 11.3 Å². The molecule has 1 amide bonds. The number of methoxy groups -OCH3 is 1. The molecule has 3 rings (SSSR count). The van der Waals surface area contributed by atoms with Crippen molar-refractivity contribution in [1.82, 2.24) is 4.90 Å². The lowest BCUT2D eigenvalue weighted by Crippen LogP contribution is -2.44. The summed E-state index contributed by atoms with van der Waals surface area (Å²) in [5, 5.41) is 9.11. The Hall–Kier alpha value is -2.08. The monoisotopic (exact) mass is 333 g/mol. The fourth-order valence-electron chi connectivity index (χ4n) is 3.58. The maximum absolute atomic E-state index is 12.7. The molecule has 6 heteroatoms. The first kappa shape index (κ1) is 16.8. The molecule has 3 atom stereocenters. The molecule has 130 valence electrons. The molecule has 6 nitrogen and oxygen atoms in total. The van der Waals surface area contributed by atoms with Crippen LogP contribution in [-0.4, -0.2) is 48.7 Å². The molecule has 2 fully saturated rings. The number of hydrogen-bond acceptors (Lipinski definition) is 4. The first-order valence-corrected chi connectivity index (χ1v) is 8.35. The van der Waals surface area contributed by atoms with Crippen molar-refractivity contribution < 1.29 is 24.2 Å². The number of carboxylic acids is 1. The van der Waals surface area contributed by atoms with Crippen LogP contribution in [0.2, 0.25) is 0 Å². The Morgan fingerprint density at radius 2 is 2.08 bits per heavy atom. The zero-order chi connectivity index (χ0) is 17.1. The number of carbonyl (C=O) groups excluding carboxylic acids is 1. The lowest BCUT2D eigenvalue weighted by molar-refractivity contribution is -0.144. The Balaban J connectivity index is 1.65. The highest BCUT2D eigenvalue weighted by atomic mass is 16.5. The second-order valence-electron chi connectivity index (χ2n) is 6.47. The molecule has 1 aliphatic heterocycles. The summed E-state index contributed by atoms with van der Waals surface area (Å²) >= 11 is 0. The van der Waals surface area contributed by atoms with Crippen LogP contribution in [0.25, 0.3) is 0 Å². The quantitative estimate of drug-likeness (QED) is 0.913. The first-order valence-electron chi connectivity index (χ1n) is 8.35. The minimum absolute atomic E-state index is 0.0648. The Morgan fingerprint density at radius 1 is 1.29 bits per heavy atom. The highest BCUT2D eigenvalue weighted by molar-refractivity contribution is 5.81. The van der Waals surface area contributed by atoms with E-state index in [4.69, 9.17) is 14.6 Å². The van der Waals surface area contributed by atoms with Gasteiger partial charge in [-0.15, -0.1) is 0 Å². The second kappa shape index (κ2) is 7.21. The van der Waals surface area contributed by atoms with Crippen molar-refractivity contribution in [3.63, 3.8) is 0 Å². The number of rotatable bonds is 4. The van der Waals surface area contributed by atoms with Crippen LogP contribution in [0.15, 0.2) is 24.3 Å². The van der Waals surface area contributed by atoms with Crippen LogP contribution in [0.5, 0.6) is 5.75 Å². The number of morpholine rings is 1. The van der Waals surface area contributed by atoms with Crippen LogP contribution in [0.1, 0.15) is 30.9 Å². The van der Waals surface area contributed by atoms with Crippen molar-refractivity contribution in [2.24, 2.45) is 11.8 Å². The second-order valence-corrected chi connectivity index (χ2v) is 6.47. The van der Waals surface area contributed by atoms with E-state index in [0.29, 0.717) is 39.0 Å². The van der Waals surface area contributed by atoms with Gasteiger partial charge in [-0.25, -0.2) is 0 Å². The third-order valence-corrected chi connectivity index (χ3v) is 4.97. The van der Waals surface area contributed by atoms with E-state index >= 15 is 0 Å². The number of nitrogens with zero attached hydrogens (tertiary/aromatic N) is 1. The summed E-state index contributed by atoms with van der Waals surface area (Å²) in [6, 6.07) is 7.68. The minimum atomic E-state index is -0.790. The fourth-order valence-corrected chi connectivity index (χ4v) is 3.58. The molecule has 0 bridgehead atoms. The van der Waals surface area contributed by atoms with Crippen molar-refractivity contribution in [1.29, 1.82) is 0 Å². The molecule has 1 aliphatic carbocycles. The van der Waals surface area contributed by atoms with Crippen molar-refractivity contribution >= 4 is 11.9 Å². The van der Waals surface area contributed by atoms with Gasteiger partial charge in [0.25, 0.3) is 0 Å². The number of ether oxygens (including phenoxy) is 2. The molecule has 1 saturated heterocycles. The molecule has 1 N–H and O–H groups in total. The van der Waals surface area contributed by atoms with E-state index in [9.17, 15) is 9.59 Å². The predicted octanol–water partition coefficient (Wildman–Crippen LogP) is 2.10. The van der Waals surface area contributed by atoms with Crippen LogP contribution < -0.4 is 4.74 Å². The molecule has 1 aromatic carbocycles. The van der Waals surface area contributed by atoms with Crippen molar-refractivity contribution in [3.8, 4) is 5.75 Å². The van der Waals surface area contributed by atoms with Gasteiger partial charge in [0.15, 0.2) is 0 Å². The third-order valence-electron chi connectivity index (χ3n) is 4.97. The molecule has 1 heterocycles. The van der Waals surface area contributed by atoms with E-state index in [-0.39, 0.29) is 23.8 Å². The van der Waals surface area contributed by atoms with Crippen LogP contribution in [0, 0.1) is 11.8 Å². The van der Waals surface area contributed by atoms with Gasteiger partial charge in [0, 0.05) is 12.5 Å². The fraction of sp³-hybridized carbons (Fsp3) is 0.556. The number of benzene rings is 1. The first-order chi connectivity index (χ1) is 11.6. The number of carboxylic acid groups (broad SMARTS) is 1. The Morgan fingerprint density at radius 3 is 2.79 bits per heavy atom. The summed E-state index contributed by atoms with van der Waals surface area (Å²) in [6.07, 6.45) is 1.54. The van der Waals surface area contributed by atoms with Gasteiger partial charge in [0.2, 0.25) is 5.91 Å². The summed E-state index contributed by atoms with van der Waals surface area (Å²) in [4.78, 5) is 25.6. The maximum atomic E-state index is 12.7. The van der Waals surface area contributed by atoms with Crippen LogP contribution >= 0.6 is 0 Å². The average molecular weight is 333 g/mol. The van der Waals surface area contributed by atoms with E-state index in [1.165, 1.54) is 0 Å². The van der Waals surface area contributed by atoms with E-state index in [1.807, 2.05) is 29.2 Å². The van der Waals surface area contributed by atoms with Gasteiger partial charge in [-0.1, -0.05) is 12.1 Å². The summed E-state index contributed by atoms with van der Waals surface area (Å²) in [5.41, 5.74) is 0.988. The van der Waals surface area contributed by atoms with Gasteiger partial charge in [-0.2, -0.15) is 0 Å². The van der Waals surface area contributed by atoms with E-state index in [1.54, 1.807) is 7.11 Å². The molecule has 2 aliphatic rings. The number of carbonyl (C=O) groups is 2. The zero-order valence-electron chi connectivity index (χ0n) is 13.8. The van der Waals surface area contributed by atoms with Gasteiger partial charge < -0.3 is 19.5 Å². The average Bonchev–Trinajstić information content (AvgIpc) is 3.11. The Bertz CT molecular complexity index is 617. The molecule has 0 aromatic heterocycles. The van der Waals surface area contributed by atoms with Crippen LogP contribution in [0.4, 0.5) is 0 Å². The normalized spacial score (nSPS) is 27.0. The third kappa shape index (κ3) is 3.53. The standard InChI is InChI=1S/C18H23NO5/c1-23-15-4-2-3-12(10-15)16-11-19(7-8-24-16)17(20)13-5-6-14(9-13)18(21)22/h2-4,10,13-14,16H,5-9,11H2,1H3,(H,21,22)/t13-,14+,16?/m1/s1. The molecule has 0 spiro atoms. The number of aliphatic carboxylic acids is 1. The summed E-state index contributed by atoms with van der Waals surface area (Å²) in [7, 11) is 1.62. The van der Waals surface area contributed by atoms with Gasteiger partial charge in [0.1, 0.15) is 11.9 Å².